The van der Waals surface area contributed by atoms with E-state index in [0.717, 1.165) is 22.4 Å². The van der Waals surface area contributed by atoms with Gasteiger partial charge in [0.2, 0.25) is 0 Å². The minimum atomic E-state index is -0.552. The topological polar surface area (TPSA) is 54.1 Å². The van der Waals surface area contributed by atoms with E-state index < -0.39 is 5.60 Å². The summed E-state index contributed by atoms with van der Waals surface area (Å²) in [5, 5.41) is 3.22. The monoisotopic (exact) mass is 517 g/mol. The quantitative estimate of drug-likeness (QED) is 0.331. The van der Waals surface area contributed by atoms with E-state index in [9.17, 15) is 4.79 Å². The highest BCUT2D eigenvalue weighted by molar-refractivity contribution is 7.81. The van der Waals surface area contributed by atoms with E-state index in [2.05, 4.69) is 14.7 Å². The van der Waals surface area contributed by atoms with Crippen LogP contribution in [0.15, 0.2) is 48.7 Å². The van der Waals surface area contributed by atoms with Gasteiger partial charge in [-0.3, -0.25) is 0 Å². The van der Waals surface area contributed by atoms with Crippen LogP contribution in [0.5, 0.6) is 0 Å². The second-order valence-corrected chi connectivity index (χ2v) is 10.7. The van der Waals surface area contributed by atoms with Gasteiger partial charge < -0.3 is 24.4 Å². The van der Waals surface area contributed by atoms with Crippen LogP contribution >= 0.6 is 12.2 Å². The number of amides is 1. The summed E-state index contributed by atoms with van der Waals surface area (Å²) in [6.07, 6.45) is 1.69. The first kappa shape index (κ1) is 24.8. The van der Waals surface area contributed by atoms with E-state index in [0.29, 0.717) is 54.8 Å². The van der Waals surface area contributed by atoms with Gasteiger partial charge in [0.15, 0.2) is 5.69 Å². The van der Waals surface area contributed by atoms with Gasteiger partial charge in [0.1, 0.15) is 16.4 Å². The van der Waals surface area contributed by atoms with Crippen molar-refractivity contribution in [2.24, 2.45) is 0 Å². The van der Waals surface area contributed by atoms with Crippen LogP contribution in [0.3, 0.4) is 0 Å². The molecule has 0 aliphatic carbocycles. The second kappa shape index (κ2) is 9.52. The summed E-state index contributed by atoms with van der Waals surface area (Å²) in [5.41, 5.74) is 4.99. The number of halogens is 1. The SMILES string of the molecule is [C-]#[N+]c1ccc(-c2cc3n(c2)Cc2cc(N4CCN(C(=O)OC(C)(C)C)CC4)c(F)cc2NC3=S)cc1. The Morgan fingerprint density at radius 1 is 1.08 bits per heavy atom. The highest BCUT2D eigenvalue weighted by Crippen LogP contribution is 2.33. The molecular weight excluding hydrogens is 489 g/mol. The molecule has 2 aromatic carbocycles. The molecule has 3 heterocycles. The number of carbonyl (C=O) groups is 1. The van der Waals surface area contributed by atoms with Crippen molar-refractivity contribution in [3.63, 3.8) is 0 Å². The number of hydrogen-bond donors (Lipinski definition) is 1. The Kier molecular flexibility index (Phi) is 6.38. The van der Waals surface area contributed by atoms with Gasteiger partial charge in [-0.2, -0.15) is 0 Å². The summed E-state index contributed by atoms with van der Waals surface area (Å²) < 4.78 is 22.8. The maximum atomic E-state index is 15.2. The Labute approximate surface area is 221 Å². The molecule has 0 spiro atoms. The molecule has 1 fully saturated rings. The van der Waals surface area contributed by atoms with Gasteiger partial charge >= 0.3 is 6.09 Å². The van der Waals surface area contributed by atoms with Gasteiger partial charge in [-0.05, 0) is 55.7 Å². The molecule has 7 nitrogen and oxygen atoms in total. The smallest absolute Gasteiger partial charge is 0.410 e. The van der Waals surface area contributed by atoms with E-state index in [1.807, 2.05) is 56.1 Å². The Morgan fingerprint density at radius 2 is 1.78 bits per heavy atom. The minimum Gasteiger partial charge on any atom is -0.444 e. The summed E-state index contributed by atoms with van der Waals surface area (Å²) in [7, 11) is 0. The van der Waals surface area contributed by atoms with Crippen LogP contribution in [0, 0.1) is 12.4 Å². The van der Waals surface area contributed by atoms with Crippen LogP contribution < -0.4 is 10.2 Å². The van der Waals surface area contributed by atoms with Gasteiger partial charge in [-0.25, -0.2) is 14.0 Å². The van der Waals surface area contributed by atoms with Crippen LogP contribution in [0.2, 0.25) is 0 Å². The zero-order valence-corrected chi connectivity index (χ0v) is 21.9. The number of rotatable bonds is 2. The lowest BCUT2D eigenvalue weighted by Crippen LogP contribution is -2.50. The number of nitrogens with one attached hydrogen (secondary N) is 1. The number of fused-ring (bicyclic) bond motifs is 2. The molecule has 0 bridgehead atoms. The third-order valence-electron chi connectivity index (χ3n) is 6.49. The Bertz CT molecular complexity index is 1410. The largest absolute Gasteiger partial charge is 0.444 e. The lowest BCUT2D eigenvalue weighted by molar-refractivity contribution is 0.0240. The molecule has 190 valence electrons. The number of carbonyl (C=O) groups excluding carboxylic acids is 1. The average molecular weight is 518 g/mol. The fourth-order valence-electron chi connectivity index (χ4n) is 4.64. The third-order valence-corrected chi connectivity index (χ3v) is 6.80. The number of aromatic nitrogens is 1. The second-order valence-electron chi connectivity index (χ2n) is 10.3. The summed E-state index contributed by atoms with van der Waals surface area (Å²) >= 11 is 5.65. The van der Waals surface area contributed by atoms with E-state index in [4.69, 9.17) is 23.5 Å². The predicted octanol–water partition coefficient (Wildman–Crippen LogP) is 6.05. The molecule has 3 aromatic rings. The van der Waals surface area contributed by atoms with E-state index >= 15 is 4.39 Å². The van der Waals surface area contributed by atoms with E-state index in [-0.39, 0.29) is 11.9 Å². The summed E-state index contributed by atoms with van der Waals surface area (Å²) in [6, 6.07) is 12.9. The fourth-order valence-corrected chi connectivity index (χ4v) is 4.93. The first-order valence-electron chi connectivity index (χ1n) is 12.2. The summed E-state index contributed by atoms with van der Waals surface area (Å²) in [5.74, 6) is -0.327. The maximum absolute atomic E-state index is 15.2. The third kappa shape index (κ3) is 5.16. The van der Waals surface area contributed by atoms with Gasteiger partial charge in [0, 0.05) is 44.6 Å². The number of nitrogens with zero attached hydrogens (tertiary/aromatic N) is 4. The highest BCUT2D eigenvalue weighted by Gasteiger charge is 2.28. The summed E-state index contributed by atoms with van der Waals surface area (Å²) in [4.78, 5) is 20.0. The predicted molar refractivity (Wildman–Crippen MR) is 147 cm³/mol. The normalized spacial score (nSPS) is 15.3. The number of piperazine rings is 1. The zero-order valence-electron chi connectivity index (χ0n) is 21.0. The molecule has 2 aliphatic heterocycles. The fraction of sp³-hybridized carbons (Fsp3) is 0.321. The van der Waals surface area contributed by atoms with Crippen molar-refractivity contribution in [2.75, 3.05) is 36.4 Å². The number of hydrogen-bond acceptors (Lipinski definition) is 4. The molecule has 1 saturated heterocycles. The van der Waals surface area contributed by atoms with Crippen LogP contribution in [-0.2, 0) is 11.3 Å². The molecule has 0 unspecified atom stereocenters. The first-order valence-corrected chi connectivity index (χ1v) is 12.6. The molecule has 0 atom stereocenters. The molecule has 5 rings (SSSR count). The Balaban J connectivity index is 1.37. The summed E-state index contributed by atoms with van der Waals surface area (Å²) in [6.45, 7) is 15.2. The number of ether oxygens (including phenoxy) is 1. The molecule has 1 N–H and O–H groups in total. The minimum absolute atomic E-state index is 0.327. The Hall–Kier alpha value is -3.90. The first-order chi connectivity index (χ1) is 17.6. The lowest BCUT2D eigenvalue weighted by Gasteiger charge is -2.37. The molecule has 0 radical (unpaired) electrons. The van der Waals surface area contributed by atoms with Crippen molar-refractivity contribution < 1.29 is 13.9 Å². The van der Waals surface area contributed by atoms with Crippen LogP contribution in [-0.4, -0.2) is 52.3 Å². The van der Waals surface area contributed by atoms with Crippen molar-refractivity contribution in [2.45, 2.75) is 32.9 Å². The standard InChI is InChI=1S/C28H28FN5O2S/c1-28(2,3)36-27(35)33-11-9-32(10-12-33)24-14-20-17-34-16-19(18-5-7-21(30-4)8-6-18)13-25(34)26(37)31-23(20)15-22(24)29/h5-8,13-16H,9-12,17H2,1-3H3,(H,31,37). The highest BCUT2D eigenvalue weighted by atomic mass is 32.1. The zero-order chi connectivity index (χ0) is 26.3. The van der Waals surface area contributed by atoms with Crippen molar-refractivity contribution in [3.8, 4) is 11.1 Å². The van der Waals surface area contributed by atoms with Crippen molar-refractivity contribution >= 4 is 40.4 Å². The lowest BCUT2D eigenvalue weighted by atomic mass is 10.1. The van der Waals surface area contributed by atoms with Crippen molar-refractivity contribution in [1.82, 2.24) is 9.47 Å². The van der Waals surface area contributed by atoms with Crippen LogP contribution in [0.1, 0.15) is 32.0 Å². The average Bonchev–Trinajstić information content (AvgIpc) is 3.23. The molecule has 2 aliphatic rings. The molecule has 9 heteroatoms. The molecular formula is C28H28FN5O2S. The van der Waals surface area contributed by atoms with Gasteiger partial charge in [-0.1, -0.05) is 36.5 Å². The van der Waals surface area contributed by atoms with Crippen LogP contribution in [0.25, 0.3) is 16.0 Å². The van der Waals surface area contributed by atoms with Crippen molar-refractivity contribution in [3.05, 3.63) is 77.2 Å². The van der Waals surface area contributed by atoms with Crippen LogP contribution in [0.4, 0.5) is 26.2 Å². The van der Waals surface area contributed by atoms with E-state index in [1.54, 1.807) is 17.0 Å². The molecule has 37 heavy (non-hydrogen) atoms. The Morgan fingerprint density at radius 3 is 2.43 bits per heavy atom. The molecule has 0 saturated carbocycles. The number of anilines is 2. The van der Waals surface area contributed by atoms with Gasteiger partial charge in [-0.15, -0.1) is 0 Å². The van der Waals surface area contributed by atoms with E-state index in [1.165, 1.54) is 6.07 Å². The van der Waals surface area contributed by atoms with Gasteiger partial charge in [0.25, 0.3) is 0 Å². The van der Waals surface area contributed by atoms with Gasteiger partial charge in [0.05, 0.1) is 18.0 Å². The molecule has 1 aromatic heterocycles. The number of benzene rings is 2. The van der Waals surface area contributed by atoms with Crippen molar-refractivity contribution in [1.29, 1.82) is 0 Å². The maximum Gasteiger partial charge on any atom is 0.410 e. The molecule has 1 amide bonds. The number of thiocarbonyl (C=S) groups is 1.